The molecule has 0 unspecified atom stereocenters. The molecule has 0 radical (unpaired) electrons. The Labute approximate surface area is 167 Å². The Bertz CT molecular complexity index is 977. The van der Waals surface area contributed by atoms with Crippen LogP contribution in [0, 0.1) is 5.82 Å². The summed E-state index contributed by atoms with van der Waals surface area (Å²) in [5.74, 6) is -1.45. The summed E-state index contributed by atoms with van der Waals surface area (Å²) in [4.78, 5) is 18.1. The van der Waals surface area contributed by atoms with Gasteiger partial charge in [-0.05, 0) is 37.1 Å². The zero-order valence-corrected chi connectivity index (χ0v) is 16.2. The number of aldehydes is 1. The maximum absolute atomic E-state index is 13.9. The quantitative estimate of drug-likeness (QED) is 0.591. The molecule has 1 N–H and O–H groups in total. The van der Waals surface area contributed by atoms with Crippen molar-refractivity contribution >= 4 is 23.3 Å². The molecule has 0 spiro atoms. The second kappa shape index (κ2) is 8.10. The number of phenols is 1. The fraction of sp³-hybridized carbons (Fsp3) is 0.273. The summed E-state index contributed by atoms with van der Waals surface area (Å²) in [6.07, 6.45) is 5.53. The summed E-state index contributed by atoms with van der Waals surface area (Å²) in [5, 5.41) is 12.1. The topological polar surface area (TPSA) is 53.4 Å². The third kappa shape index (κ3) is 3.78. The smallest absolute Gasteiger partial charge is 0.166 e. The van der Waals surface area contributed by atoms with Gasteiger partial charge in [0.05, 0.1) is 11.3 Å². The van der Waals surface area contributed by atoms with Gasteiger partial charge in [-0.1, -0.05) is 25.0 Å². The van der Waals surface area contributed by atoms with E-state index < -0.39 is 11.6 Å². The first-order valence-corrected chi connectivity index (χ1v) is 10.3. The third-order valence-corrected chi connectivity index (χ3v) is 6.00. The lowest BCUT2D eigenvalue weighted by molar-refractivity contribution is 0.112. The van der Waals surface area contributed by atoms with E-state index in [0.717, 1.165) is 24.3 Å². The highest BCUT2D eigenvalue weighted by Gasteiger charge is 2.14. The van der Waals surface area contributed by atoms with Crippen LogP contribution in [0.3, 0.4) is 0 Å². The number of carbonyl (C=O) groups excluding carboxylic acids is 1. The van der Waals surface area contributed by atoms with Gasteiger partial charge in [-0.2, -0.15) is 0 Å². The van der Waals surface area contributed by atoms with Crippen molar-refractivity contribution in [3.63, 3.8) is 0 Å². The van der Waals surface area contributed by atoms with Gasteiger partial charge in [0.25, 0.3) is 0 Å². The van der Waals surface area contributed by atoms with E-state index in [2.05, 4.69) is 34.1 Å². The molecule has 0 aliphatic carbocycles. The Morgan fingerprint density at radius 2 is 1.75 bits per heavy atom. The van der Waals surface area contributed by atoms with Crippen molar-refractivity contribution in [3.8, 4) is 27.6 Å². The molecule has 0 bridgehead atoms. The van der Waals surface area contributed by atoms with Crippen LogP contribution in [0.2, 0.25) is 0 Å². The van der Waals surface area contributed by atoms with Crippen LogP contribution in [-0.4, -0.2) is 29.5 Å². The molecular weight excluding hydrogens is 375 g/mol. The zero-order chi connectivity index (χ0) is 19.5. The van der Waals surface area contributed by atoms with Gasteiger partial charge in [-0.3, -0.25) is 4.79 Å². The van der Waals surface area contributed by atoms with Crippen LogP contribution in [0.4, 0.5) is 10.1 Å². The van der Waals surface area contributed by atoms with E-state index in [9.17, 15) is 14.3 Å². The number of anilines is 1. The number of carbonyl (C=O) groups is 1. The van der Waals surface area contributed by atoms with Crippen molar-refractivity contribution in [2.75, 3.05) is 18.0 Å². The Morgan fingerprint density at radius 1 is 1.04 bits per heavy atom. The van der Waals surface area contributed by atoms with Gasteiger partial charge in [0.2, 0.25) is 0 Å². The molecule has 1 saturated heterocycles. The molecule has 144 valence electrons. The van der Waals surface area contributed by atoms with Gasteiger partial charge < -0.3 is 10.0 Å². The zero-order valence-electron chi connectivity index (χ0n) is 15.4. The predicted molar refractivity (Wildman–Crippen MR) is 111 cm³/mol. The Morgan fingerprint density at radius 3 is 2.43 bits per heavy atom. The molecular formula is C22H21FN2O2S. The maximum Gasteiger partial charge on any atom is 0.166 e. The van der Waals surface area contributed by atoms with Gasteiger partial charge >= 0.3 is 0 Å². The van der Waals surface area contributed by atoms with Gasteiger partial charge in [0.1, 0.15) is 5.01 Å². The summed E-state index contributed by atoms with van der Waals surface area (Å²) < 4.78 is 13.9. The molecule has 2 aromatic carbocycles. The number of aromatic nitrogens is 1. The van der Waals surface area contributed by atoms with Crippen LogP contribution >= 0.6 is 11.3 Å². The molecule has 0 saturated carbocycles. The van der Waals surface area contributed by atoms with Gasteiger partial charge in [-0.15, -0.1) is 11.3 Å². The Balaban J connectivity index is 1.57. The van der Waals surface area contributed by atoms with E-state index in [4.69, 9.17) is 0 Å². The molecule has 3 aromatic rings. The van der Waals surface area contributed by atoms with E-state index in [1.807, 2.05) is 5.38 Å². The fourth-order valence-electron chi connectivity index (χ4n) is 3.54. The minimum absolute atomic E-state index is 0.0754. The molecule has 1 aliphatic rings. The summed E-state index contributed by atoms with van der Waals surface area (Å²) in [6, 6.07) is 11.0. The summed E-state index contributed by atoms with van der Waals surface area (Å²) in [5.41, 5.74) is 3.44. The lowest BCUT2D eigenvalue weighted by atomic mass is 10.1. The van der Waals surface area contributed by atoms with Crippen molar-refractivity contribution in [1.29, 1.82) is 0 Å². The van der Waals surface area contributed by atoms with Crippen molar-refractivity contribution in [2.45, 2.75) is 25.7 Å². The second-order valence-electron chi connectivity index (χ2n) is 7.00. The molecule has 0 atom stereocenters. The van der Waals surface area contributed by atoms with Crippen LogP contribution in [0.5, 0.6) is 5.75 Å². The maximum atomic E-state index is 13.9. The van der Waals surface area contributed by atoms with Crippen LogP contribution in [0.1, 0.15) is 36.0 Å². The summed E-state index contributed by atoms with van der Waals surface area (Å²) >= 11 is 1.38. The van der Waals surface area contributed by atoms with Crippen LogP contribution in [-0.2, 0) is 0 Å². The number of benzene rings is 2. The number of halogens is 1. The van der Waals surface area contributed by atoms with Crippen molar-refractivity contribution < 1.29 is 14.3 Å². The normalized spacial score (nSPS) is 14.7. The molecule has 1 aliphatic heterocycles. The number of rotatable bonds is 4. The lowest BCUT2D eigenvalue weighted by Crippen LogP contribution is -2.23. The molecule has 28 heavy (non-hydrogen) atoms. The van der Waals surface area contributed by atoms with Crippen LogP contribution in [0.25, 0.3) is 21.8 Å². The van der Waals surface area contributed by atoms with Gasteiger partial charge in [0.15, 0.2) is 17.9 Å². The first-order valence-electron chi connectivity index (χ1n) is 9.44. The van der Waals surface area contributed by atoms with Crippen molar-refractivity contribution in [2.24, 2.45) is 0 Å². The minimum atomic E-state index is -0.821. The average Bonchev–Trinajstić information content (AvgIpc) is 3.05. The number of thiazole rings is 1. The Kier molecular flexibility index (Phi) is 5.39. The van der Waals surface area contributed by atoms with E-state index in [1.165, 1.54) is 54.8 Å². The summed E-state index contributed by atoms with van der Waals surface area (Å²) in [7, 11) is 0. The van der Waals surface area contributed by atoms with E-state index in [0.29, 0.717) is 16.9 Å². The van der Waals surface area contributed by atoms with E-state index >= 15 is 0 Å². The number of nitrogens with zero attached hydrogens (tertiary/aromatic N) is 2. The van der Waals surface area contributed by atoms with Gasteiger partial charge in [-0.25, -0.2) is 9.37 Å². The molecule has 4 rings (SSSR count). The van der Waals surface area contributed by atoms with Crippen molar-refractivity contribution in [1.82, 2.24) is 4.98 Å². The minimum Gasteiger partial charge on any atom is -0.504 e. The highest BCUT2D eigenvalue weighted by atomic mass is 32.1. The second-order valence-corrected chi connectivity index (χ2v) is 7.86. The molecule has 6 heteroatoms. The third-order valence-electron chi connectivity index (χ3n) is 5.11. The highest BCUT2D eigenvalue weighted by molar-refractivity contribution is 7.13. The predicted octanol–water partition coefficient (Wildman–Crippen LogP) is 5.51. The SMILES string of the molecule is O=Cc1cc(-c2nc(-c3ccc(N4CCCCCC4)cc3)cs2)cc(F)c1O. The summed E-state index contributed by atoms with van der Waals surface area (Å²) in [6.45, 7) is 2.21. The molecule has 0 amide bonds. The highest BCUT2D eigenvalue weighted by Crippen LogP contribution is 2.33. The van der Waals surface area contributed by atoms with Gasteiger partial charge in [0, 0.05) is 35.3 Å². The van der Waals surface area contributed by atoms with E-state index in [-0.39, 0.29) is 5.56 Å². The lowest BCUT2D eigenvalue weighted by Gasteiger charge is -2.22. The number of phenolic OH excluding ortho intramolecular Hbond substituents is 1. The first-order chi connectivity index (χ1) is 13.7. The Hall–Kier alpha value is -2.73. The number of hydrogen-bond donors (Lipinski definition) is 1. The largest absolute Gasteiger partial charge is 0.504 e. The first kappa shape index (κ1) is 18.6. The monoisotopic (exact) mass is 396 g/mol. The molecule has 1 aromatic heterocycles. The van der Waals surface area contributed by atoms with E-state index in [1.54, 1.807) is 0 Å². The molecule has 4 nitrogen and oxygen atoms in total. The number of aromatic hydroxyl groups is 1. The number of hydrogen-bond acceptors (Lipinski definition) is 5. The molecule has 1 fully saturated rings. The fourth-order valence-corrected chi connectivity index (χ4v) is 4.36. The van der Waals surface area contributed by atoms with Crippen LogP contribution in [0.15, 0.2) is 41.8 Å². The van der Waals surface area contributed by atoms with Crippen molar-refractivity contribution in [3.05, 3.63) is 53.2 Å². The average molecular weight is 396 g/mol. The van der Waals surface area contributed by atoms with Crippen LogP contribution < -0.4 is 4.90 Å². The standard InChI is InChI=1S/C22H21FN2O2S/c23-19-12-16(11-17(13-26)21(19)27)22-24-20(14-28-22)15-5-7-18(8-6-15)25-9-3-1-2-4-10-25/h5-8,11-14,27H,1-4,9-10H2. The molecule has 2 heterocycles.